The van der Waals surface area contributed by atoms with Gasteiger partial charge in [0.2, 0.25) is 0 Å². The molecule has 0 saturated heterocycles. The molecule has 0 saturated carbocycles. The molecule has 0 heterocycles. The normalized spacial score (nSPS) is 15.3. The lowest BCUT2D eigenvalue weighted by atomic mass is 9.93. The van der Waals surface area contributed by atoms with Gasteiger partial charge in [0.15, 0.2) is 0 Å². The van der Waals surface area contributed by atoms with E-state index in [9.17, 15) is 15.3 Å². The molecule has 0 aliphatic carbocycles. The molecule has 4 heteroatoms. The van der Waals surface area contributed by atoms with E-state index in [0.717, 1.165) is 0 Å². The van der Waals surface area contributed by atoms with E-state index in [-0.39, 0.29) is 17.4 Å². The van der Waals surface area contributed by atoms with E-state index < -0.39 is 5.72 Å². The minimum atomic E-state index is -1.52. The number of aromatic hydroxyl groups is 2. The van der Waals surface area contributed by atoms with Gasteiger partial charge < -0.3 is 15.3 Å². The minimum Gasteiger partial charge on any atom is -0.508 e. The maximum absolute atomic E-state index is 9.96. The average Bonchev–Trinajstić information content (AvgIpc) is 1.99. The van der Waals surface area contributed by atoms with E-state index in [1.54, 1.807) is 0 Å². The van der Waals surface area contributed by atoms with Crippen molar-refractivity contribution in [1.29, 1.82) is 0 Å². The lowest BCUT2D eigenvalue weighted by Crippen LogP contribution is -2.37. The molecule has 1 aromatic carbocycles. The van der Waals surface area contributed by atoms with Crippen LogP contribution in [0.25, 0.3) is 0 Å². The molecule has 5 N–H and O–H groups in total. The molecule has 0 amide bonds. The molecule has 0 radical (unpaired) electrons. The van der Waals surface area contributed by atoms with Gasteiger partial charge in [-0.2, -0.15) is 0 Å². The zero-order chi connectivity index (χ0) is 11.6. The van der Waals surface area contributed by atoms with E-state index in [1.165, 1.54) is 18.2 Å². The summed E-state index contributed by atoms with van der Waals surface area (Å²) in [4.78, 5) is 0. The zero-order valence-electron chi connectivity index (χ0n) is 8.94. The molecule has 1 rings (SSSR count). The number of hydrogen-bond acceptors (Lipinski definition) is 4. The third-order valence-corrected chi connectivity index (χ3v) is 2.12. The second-order valence-electron chi connectivity index (χ2n) is 4.26. The molecule has 1 aromatic rings. The number of aliphatic hydroxyl groups is 1. The highest BCUT2D eigenvalue weighted by Gasteiger charge is 2.25. The van der Waals surface area contributed by atoms with Crippen molar-refractivity contribution < 1.29 is 15.3 Å². The summed E-state index contributed by atoms with van der Waals surface area (Å²) in [6.45, 7) is 3.86. The lowest BCUT2D eigenvalue weighted by Gasteiger charge is -2.25. The second-order valence-corrected chi connectivity index (χ2v) is 4.26. The predicted molar refractivity (Wildman–Crippen MR) is 57.3 cm³/mol. The lowest BCUT2D eigenvalue weighted by molar-refractivity contribution is 0.0214. The summed E-state index contributed by atoms with van der Waals surface area (Å²) in [7, 11) is 0. The van der Waals surface area contributed by atoms with Crippen LogP contribution in [0, 0.1) is 5.92 Å². The number of phenols is 2. The molecule has 84 valence electrons. The van der Waals surface area contributed by atoms with Crippen molar-refractivity contribution in [2.24, 2.45) is 11.7 Å². The van der Waals surface area contributed by atoms with Crippen LogP contribution < -0.4 is 5.73 Å². The van der Waals surface area contributed by atoms with Gasteiger partial charge in [-0.3, -0.25) is 5.73 Å². The molecule has 0 fully saturated rings. The Balaban J connectivity index is 3.03. The highest BCUT2D eigenvalue weighted by atomic mass is 16.3. The maximum atomic E-state index is 9.96. The molecular weight excluding hydrogens is 194 g/mol. The molecule has 4 nitrogen and oxygen atoms in total. The van der Waals surface area contributed by atoms with E-state index >= 15 is 0 Å². The number of nitrogens with two attached hydrogens (primary N) is 1. The summed E-state index contributed by atoms with van der Waals surface area (Å²) in [5.41, 5.74) is 4.50. The van der Waals surface area contributed by atoms with Gasteiger partial charge in [0, 0.05) is 11.6 Å². The number of hydrogen-bond donors (Lipinski definition) is 4. The topological polar surface area (TPSA) is 86.7 Å². The fourth-order valence-corrected chi connectivity index (χ4v) is 1.59. The summed E-state index contributed by atoms with van der Waals surface area (Å²) in [6.07, 6.45) is 0.357. The minimum absolute atomic E-state index is 0.113. The summed E-state index contributed by atoms with van der Waals surface area (Å²) >= 11 is 0. The number of benzene rings is 1. The van der Waals surface area contributed by atoms with Gasteiger partial charge in [0.05, 0.1) is 0 Å². The largest absolute Gasteiger partial charge is 0.508 e. The van der Waals surface area contributed by atoms with Crippen molar-refractivity contribution in [3.8, 4) is 11.5 Å². The Hall–Kier alpha value is -1.26. The van der Waals surface area contributed by atoms with E-state index in [1.807, 2.05) is 13.8 Å². The summed E-state index contributed by atoms with van der Waals surface area (Å²) in [6, 6.07) is 3.89. The van der Waals surface area contributed by atoms with Crippen LogP contribution in [-0.4, -0.2) is 15.3 Å². The molecule has 1 atom stereocenters. The van der Waals surface area contributed by atoms with Crippen LogP contribution in [0.2, 0.25) is 0 Å². The van der Waals surface area contributed by atoms with Crippen LogP contribution in [-0.2, 0) is 5.72 Å². The van der Waals surface area contributed by atoms with Gasteiger partial charge in [0.1, 0.15) is 17.2 Å². The molecule has 0 aliphatic heterocycles. The quantitative estimate of drug-likeness (QED) is 0.567. The van der Waals surface area contributed by atoms with Gasteiger partial charge in [-0.25, -0.2) is 0 Å². The Morgan fingerprint density at radius 2 is 1.67 bits per heavy atom. The van der Waals surface area contributed by atoms with E-state index in [4.69, 9.17) is 5.73 Å². The Kier molecular flexibility index (Phi) is 3.21. The van der Waals surface area contributed by atoms with Crippen molar-refractivity contribution in [1.82, 2.24) is 0 Å². The summed E-state index contributed by atoms with van der Waals surface area (Å²) in [5.74, 6) is -0.0141. The van der Waals surface area contributed by atoms with Crippen LogP contribution in [0.3, 0.4) is 0 Å². The first kappa shape index (κ1) is 11.8. The van der Waals surface area contributed by atoms with Crippen molar-refractivity contribution >= 4 is 0 Å². The van der Waals surface area contributed by atoms with Gasteiger partial charge in [0.25, 0.3) is 0 Å². The first-order chi connectivity index (χ1) is 6.81. The smallest absolute Gasteiger partial charge is 0.140 e. The van der Waals surface area contributed by atoms with E-state index in [0.29, 0.717) is 12.0 Å². The van der Waals surface area contributed by atoms with Gasteiger partial charge in [-0.15, -0.1) is 0 Å². The molecular formula is C11H17NO3. The molecule has 0 aromatic heterocycles. The molecule has 0 bridgehead atoms. The van der Waals surface area contributed by atoms with Crippen LogP contribution in [0.5, 0.6) is 11.5 Å². The van der Waals surface area contributed by atoms with Crippen LogP contribution >= 0.6 is 0 Å². The first-order valence-corrected chi connectivity index (χ1v) is 4.86. The van der Waals surface area contributed by atoms with Gasteiger partial charge in [-0.05, 0) is 24.5 Å². The second kappa shape index (κ2) is 4.08. The fourth-order valence-electron chi connectivity index (χ4n) is 1.59. The molecule has 15 heavy (non-hydrogen) atoms. The van der Waals surface area contributed by atoms with Crippen molar-refractivity contribution in [3.63, 3.8) is 0 Å². The number of phenolic OH excluding ortho intramolecular Hbond substituents is 2. The summed E-state index contributed by atoms with van der Waals surface area (Å²) < 4.78 is 0. The molecule has 0 aliphatic rings. The Labute approximate surface area is 89.0 Å². The van der Waals surface area contributed by atoms with Crippen LogP contribution in [0.1, 0.15) is 25.8 Å². The van der Waals surface area contributed by atoms with Crippen LogP contribution in [0.15, 0.2) is 18.2 Å². The monoisotopic (exact) mass is 211 g/mol. The van der Waals surface area contributed by atoms with E-state index in [2.05, 4.69) is 0 Å². The van der Waals surface area contributed by atoms with Crippen LogP contribution in [0.4, 0.5) is 0 Å². The van der Waals surface area contributed by atoms with Crippen molar-refractivity contribution in [3.05, 3.63) is 23.8 Å². The molecule has 0 spiro atoms. The SMILES string of the molecule is CC(C)CC(N)(O)c1cc(O)cc(O)c1. The molecule has 1 unspecified atom stereocenters. The Bertz CT molecular complexity index is 327. The highest BCUT2D eigenvalue weighted by Crippen LogP contribution is 2.29. The zero-order valence-corrected chi connectivity index (χ0v) is 8.94. The maximum Gasteiger partial charge on any atom is 0.140 e. The highest BCUT2D eigenvalue weighted by molar-refractivity contribution is 5.39. The van der Waals surface area contributed by atoms with Gasteiger partial charge in [-0.1, -0.05) is 13.8 Å². The third kappa shape index (κ3) is 3.11. The Morgan fingerprint density at radius 1 is 1.20 bits per heavy atom. The van der Waals surface area contributed by atoms with Gasteiger partial charge >= 0.3 is 0 Å². The fraction of sp³-hybridized carbons (Fsp3) is 0.455. The first-order valence-electron chi connectivity index (χ1n) is 4.86. The predicted octanol–water partition coefficient (Wildman–Crippen LogP) is 1.25. The summed E-state index contributed by atoms with van der Waals surface area (Å²) in [5, 5.41) is 28.5. The standard InChI is InChI=1S/C11H17NO3/c1-7(2)6-11(12,15)8-3-9(13)5-10(14)4-8/h3-5,7,13-15H,6,12H2,1-2H3. The Morgan fingerprint density at radius 3 is 2.07 bits per heavy atom. The van der Waals surface area contributed by atoms with Crippen molar-refractivity contribution in [2.45, 2.75) is 26.0 Å². The van der Waals surface area contributed by atoms with Crippen molar-refractivity contribution in [2.75, 3.05) is 0 Å². The number of rotatable bonds is 3. The average molecular weight is 211 g/mol. The third-order valence-electron chi connectivity index (χ3n) is 2.12.